The fraction of sp³-hybridized carbons (Fsp3) is 0.625. The lowest BCUT2D eigenvalue weighted by Crippen LogP contribution is -2.50. The minimum Gasteiger partial charge on any atom is -0.465 e. The average Bonchev–Trinajstić information content (AvgIpc) is 3.39. The molecule has 4 rings (SSSR count). The molecule has 0 radical (unpaired) electrons. The van der Waals surface area contributed by atoms with E-state index in [4.69, 9.17) is 14.6 Å². The first kappa shape index (κ1) is 22.4. The number of anilines is 1. The second kappa shape index (κ2) is 8.64. The van der Waals surface area contributed by atoms with E-state index in [0.29, 0.717) is 37.8 Å². The molecule has 0 atom stereocenters. The molecule has 0 spiro atoms. The van der Waals surface area contributed by atoms with Crippen molar-refractivity contribution in [1.82, 2.24) is 14.7 Å². The van der Waals surface area contributed by atoms with Gasteiger partial charge in [0, 0.05) is 37.3 Å². The highest BCUT2D eigenvalue weighted by Gasteiger charge is 2.28. The van der Waals surface area contributed by atoms with Crippen LogP contribution in [0.2, 0.25) is 0 Å². The number of ether oxygens (including phenoxy) is 2. The van der Waals surface area contributed by atoms with Gasteiger partial charge in [-0.1, -0.05) is 12.8 Å². The number of hydrogen-bond donors (Lipinski definition) is 0. The molecule has 1 aromatic carbocycles. The second-order valence-electron chi connectivity index (χ2n) is 9.80. The molecule has 2 aromatic rings. The van der Waals surface area contributed by atoms with E-state index in [9.17, 15) is 9.59 Å². The fourth-order valence-electron chi connectivity index (χ4n) is 4.79. The number of benzene rings is 1. The first-order valence-corrected chi connectivity index (χ1v) is 11.5. The summed E-state index contributed by atoms with van der Waals surface area (Å²) in [7, 11) is 1.41. The Bertz CT molecular complexity index is 1010. The third-order valence-corrected chi connectivity index (χ3v) is 6.34. The summed E-state index contributed by atoms with van der Waals surface area (Å²) in [6.45, 7) is 10.1. The summed E-state index contributed by atoms with van der Waals surface area (Å²) < 4.78 is 12.7. The van der Waals surface area contributed by atoms with Crippen LogP contribution in [0.3, 0.4) is 0 Å². The van der Waals surface area contributed by atoms with Crippen molar-refractivity contribution in [3.63, 3.8) is 0 Å². The number of nitrogens with zero attached hydrogens (tertiary/aromatic N) is 4. The van der Waals surface area contributed by atoms with E-state index in [-0.39, 0.29) is 12.1 Å². The zero-order valence-electron chi connectivity index (χ0n) is 19.8. The van der Waals surface area contributed by atoms with E-state index in [1.54, 1.807) is 4.90 Å². The van der Waals surface area contributed by atoms with Crippen LogP contribution in [0.4, 0.5) is 10.5 Å². The van der Waals surface area contributed by atoms with Crippen LogP contribution >= 0.6 is 0 Å². The fourth-order valence-corrected chi connectivity index (χ4v) is 4.79. The Morgan fingerprint density at radius 2 is 1.72 bits per heavy atom. The highest BCUT2D eigenvalue weighted by molar-refractivity contribution is 6.06. The zero-order chi connectivity index (χ0) is 23.0. The van der Waals surface area contributed by atoms with Crippen LogP contribution in [0.5, 0.6) is 0 Å². The van der Waals surface area contributed by atoms with Gasteiger partial charge in [0.15, 0.2) is 0 Å². The van der Waals surface area contributed by atoms with Gasteiger partial charge in [-0.25, -0.2) is 9.59 Å². The molecule has 1 aliphatic carbocycles. The van der Waals surface area contributed by atoms with Gasteiger partial charge < -0.3 is 19.3 Å². The summed E-state index contributed by atoms with van der Waals surface area (Å²) in [5.41, 5.74) is 2.85. The molecular weight excluding hydrogens is 408 g/mol. The van der Waals surface area contributed by atoms with Crippen molar-refractivity contribution < 1.29 is 19.1 Å². The molecule has 0 bridgehead atoms. The molecule has 2 heterocycles. The van der Waals surface area contributed by atoms with E-state index in [0.717, 1.165) is 35.1 Å². The van der Waals surface area contributed by atoms with E-state index in [2.05, 4.69) is 15.6 Å². The van der Waals surface area contributed by atoms with Crippen molar-refractivity contribution in [1.29, 1.82) is 0 Å². The van der Waals surface area contributed by atoms with Gasteiger partial charge in [-0.3, -0.25) is 4.68 Å². The SMILES string of the molecule is COC(=O)c1cc(N2CCN(C(=O)OC(C)(C)C)CC2)cc2c1c(C)nn2C1CCCC1. The van der Waals surface area contributed by atoms with Gasteiger partial charge in [-0.2, -0.15) is 5.10 Å². The van der Waals surface area contributed by atoms with Crippen LogP contribution in [0.25, 0.3) is 10.9 Å². The van der Waals surface area contributed by atoms with Crippen LogP contribution in [-0.4, -0.2) is 65.6 Å². The van der Waals surface area contributed by atoms with Crippen LogP contribution in [-0.2, 0) is 9.47 Å². The average molecular weight is 443 g/mol. The molecule has 0 N–H and O–H groups in total. The molecular formula is C24H34N4O4. The molecule has 8 nitrogen and oxygen atoms in total. The van der Waals surface area contributed by atoms with Gasteiger partial charge in [-0.05, 0) is 52.7 Å². The predicted molar refractivity (Wildman–Crippen MR) is 123 cm³/mol. The molecule has 1 amide bonds. The van der Waals surface area contributed by atoms with Crippen molar-refractivity contribution >= 4 is 28.7 Å². The summed E-state index contributed by atoms with van der Waals surface area (Å²) in [4.78, 5) is 29.1. The summed E-state index contributed by atoms with van der Waals surface area (Å²) >= 11 is 0. The highest BCUT2D eigenvalue weighted by Crippen LogP contribution is 2.36. The lowest BCUT2D eigenvalue weighted by atomic mass is 10.1. The van der Waals surface area contributed by atoms with E-state index in [1.165, 1.54) is 20.0 Å². The molecule has 1 saturated heterocycles. The van der Waals surface area contributed by atoms with Crippen LogP contribution in [0.1, 0.15) is 68.5 Å². The molecule has 174 valence electrons. The third-order valence-electron chi connectivity index (χ3n) is 6.34. The monoisotopic (exact) mass is 442 g/mol. The van der Waals surface area contributed by atoms with Gasteiger partial charge in [-0.15, -0.1) is 0 Å². The second-order valence-corrected chi connectivity index (χ2v) is 9.80. The van der Waals surface area contributed by atoms with Crippen molar-refractivity contribution in [2.45, 2.75) is 65.0 Å². The maximum Gasteiger partial charge on any atom is 0.410 e. The maximum atomic E-state index is 12.7. The number of aromatic nitrogens is 2. The van der Waals surface area contributed by atoms with Crippen molar-refractivity contribution in [2.75, 3.05) is 38.2 Å². The number of aryl methyl sites for hydroxylation is 1. The third kappa shape index (κ3) is 4.40. The zero-order valence-corrected chi connectivity index (χ0v) is 19.8. The van der Waals surface area contributed by atoms with Gasteiger partial charge in [0.25, 0.3) is 0 Å². The normalized spacial score (nSPS) is 17.8. The standard InChI is InChI=1S/C24H34N4O4/c1-16-21-19(22(29)31-5)14-18(15-20(21)28(25-16)17-8-6-7-9-17)26-10-12-27(13-11-26)23(30)32-24(2,3)4/h14-15,17H,6-13H2,1-5H3. The number of fused-ring (bicyclic) bond motifs is 1. The smallest absolute Gasteiger partial charge is 0.410 e. The Morgan fingerprint density at radius 3 is 2.31 bits per heavy atom. The predicted octanol–water partition coefficient (Wildman–Crippen LogP) is 4.30. The maximum absolute atomic E-state index is 12.7. The molecule has 32 heavy (non-hydrogen) atoms. The van der Waals surface area contributed by atoms with Gasteiger partial charge in [0.2, 0.25) is 0 Å². The number of carbonyl (C=O) groups excluding carboxylic acids is 2. The van der Waals surface area contributed by atoms with Crippen LogP contribution in [0, 0.1) is 6.92 Å². The van der Waals surface area contributed by atoms with E-state index in [1.807, 2.05) is 33.8 Å². The number of piperazine rings is 1. The van der Waals surface area contributed by atoms with Crippen LogP contribution < -0.4 is 4.90 Å². The van der Waals surface area contributed by atoms with Crippen LogP contribution in [0.15, 0.2) is 12.1 Å². The molecule has 1 aliphatic heterocycles. The first-order chi connectivity index (χ1) is 15.2. The van der Waals surface area contributed by atoms with Crippen molar-refractivity contribution in [2.24, 2.45) is 0 Å². The number of carbonyl (C=O) groups is 2. The van der Waals surface area contributed by atoms with Gasteiger partial charge >= 0.3 is 12.1 Å². The summed E-state index contributed by atoms with van der Waals surface area (Å²) in [5, 5.41) is 5.70. The summed E-state index contributed by atoms with van der Waals surface area (Å²) in [6.07, 6.45) is 4.37. The number of methoxy groups -OCH3 is 1. The van der Waals surface area contributed by atoms with E-state index < -0.39 is 5.60 Å². The number of esters is 1. The quantitative estimate of drug-likeness (QED) is 0.660. The molecule has 2 aliphatic rings. The Hall–Kier alpha value is -2.77. The Labute approximate surface area is 189 Å². The first-order valence-electron chi connectivity index (χ1n) is 11.5. The molecule has 1 saturated carbocycles. The van der Waals surface area contributed by atoms with Crippen molar-refractivity contribution in [3.05, 3.63) is 23.4 Å². The number of amides is 1. The summed E-state index contributed by atoms with van der Waals surface area (Å²) in [6, 6.07) is 4.42. The Kier molecular flexibility index (Phi) is 6.05. The minimum atomic E-state index is -0.509. The Balaban J connectivity index is 1.64. The van der Waals surface area contributed by atoms with Crippen molar-refractivity contribution in [3.8, 4) is 0 Å². The highest BCUT2D eigenvalue weighted by atomic mass is 16.6. The molecule has 0 unspecified atom stereocenters. The number of hydrogen-bond acceptors (Lipinski definition) is 6. The lowest BCUT2D eigenvalue weighted by molar-refractivity contribution is 0.0240. The minimum absolute atomic E-state index is 0.280. The van der Waals surface area contributed by atoms with Gasteiger partial charge in [0.1, 0.15) is 5.60 Å². The molecule has 2 fully saturated rings. The van der Waals surface area contributed by atoms with Gasteiger partial charge in [0.05, 0.1) is 29.9 Å². The molecule has 8 heteroatoms. The number of rotatable bonds is 3. The topological polar surface area (TPSA) is 76.9 Å². The largest absolute Gasteiger partial charge is 0.465 e. The lowest BCUT2D eigenvalue weighted by Gasteiger charge is -2.37. The van der Waals surface area contributed by atoms with E-state index >= 15 is 0 Å². The summed E-state index contributed by atoms with van der Waals surface area (Å²) in [5.74, 6) is -0.349. The Morgan fingerprint density at radius 1 is 1.06 bits per heavy atom. The molecule has 1 aromatic heterocycles.